The fraction of sp³-hybridized carbons (Fsp3) is 0.433. The molecule has 6 rings (SSSR count). The van der Waals surface area contributed by atoms with Gasteiger partial charge in [0.05, 0.1) is 17.9 Å². The van der Waals surface area contributed by atoms with Crippen molar-refractivity contribution < 1.29 is 55.7 Å². The first-order chi connectivity index (χ1) is 22.0. The van der Waals surface area contributed by atoms with Gasteiger partial charge in [0.2, 0.25) is 0 Å². The van der Waals surface area contributed by atoms with Gasteiger partial charge in [0.25, 0.3) is 5.91 Å². The quantitative estimate of drug-likeness (QED) is 0.361. The lowest BCUT2D eigenvalue weighted by molar-refractivity contribution is -0.193. The standard InChI is InChI=1S/C26H29N5O2.2C2HF3O2/c1-29-14-8-20(9-15-29)31-24-21-4-2-3-5-23(21)33-26(22(24)18-28-31)10-16-30(17-11-26)25(32)19-6-12-27-13-7-19;2*3-2(4,5)1(6)7/h2-7,12-13,18,20H,8-11,14-17H2,1H3;2*(H,6,7). The van der Waals surface area contributed by atoms with Crippen LogP contribution in [0.4, 0.5) is 26.3 Å². The molecular formula is C30H31F6N5O6. The number of ether oxygens (including phenoxy) is 1. The van der Waals surface area contributed by atoms with Crippen LogP contribution in [-0.4, -0.2) is 98.2 Å². The van der Waals surface area contributed by atoms with E-state index in [4.69, 9.17) is 29.6 Å². The summed E-state index contributed by atoms with van der Waals surface area (Å²) in [6.07, 6.45) is -1.07. The van der Waals surface area contributed by atoms with Crippen LogP contribution in [0, 0.1) is 0 Å². The number of carbonyl (C=O) groups is 3. The molecule has 47 heavy (non-hydrogen) atoms. The number of amides is 1. The second kappa shape index (κ2) is 14.0. The van der Waals surface area contributed by atoms with Crippen molar-refractivity contribution in [2.24, 2.45) is 0 Å². The van der Waals surface area contributed by atoms with E-state index >= 15 is 0 Å². The lowest BCUT2D eigenvalue weighted by atomic mass is 9.80. The number of piperidine rings is 2. The van der Waals surface area contributed by atoms with E-state index in [2.05, 4.69) is 39.8 Å². The van der Waals surface area contributed by atoms with Crippen LogP contribution in [0.15, 0.2) is 55.0 Å². The maximum absolute atomic E-state index is 13.0. The highest BCUT2D eigenvalue weighted by Gasteiger charge is 2.47. The molecule has 2 saturated heterocycles. The smallest absolute Gasteiger partial charge is 0.482 e. The number of carboxylic acid groups (broad SMARTS) is 2. The second-order valence-corrected chi connectivity index (χ2v) is 11.1. The van der Waals surface area contributed by atoms with Crippen molar-refractivity contribution >= 4 is 17.8 Å². The summed E-state index contributed by atoms with van der Waals surface area (Å²) in [6, 6.07) is 12.3. The van der Waals surface area contributed by atoms with E-state index in [0.717, 1.165) is 50.1 Å². The number of likely N-dealkylation sites (tertiary alicyclic amines) is 2. The second-order valence-electron chi connectivity index (χ2n) is 11.1. The van der Waals surface area contributed by atoms with Crippen molar-refractivity contribution in [1.82, 2.24) is 24.6 Å². The highest BCUT2D eigenvalue weighted by atomic mass is 19.4. The summed E-state index contributed by atoms with van der Waals surface area (Å²) >= 11 is 0. The Kier molecular flexibility index (Phi) is 10.5. The van der Waals surface area contributed by atoms with Crippen molar-refractivity contribution in [3.63, 3.8) is 0 Å². The van der Waals surface area contributed by atoms with E-state index in [1.54, 1.807) is 24.5 Å². The fourth-order valence-electron chi connectivity index (χ4n) is 5.62. The predicted octanol–water partition coefficient (Wildman–Crippen LogP) is 5.00. The third-order valence-electron chi connectivity index (χ3n) is 8.04. The molecule has 17 heteroatoms. The molecule has 1 amide bonds. The summed E-state index contributed by atoms with van der Waals surface area (Å²) in [5, 5.41) is 19.2. The number of carboxylic acids is 2. The number of benzene rings is 1. The summed E-state index contributed by atoms with van der Waals surface area (Å²) in [7, 11) is 2.19. The van der Waals surface area contributed by atoms with Crippen LogP contribution < -0.4 is 4.74 Å². The molecule has 0 saturated carbocycles. The third-order valence-corrected chi connectivity index (χ3v) is 8.04. The van der Waals surface area contributed by atoms with Crippen LogP contribution in [0.1, 0.15) is 47.6 Å². The van der Waals surface area contributed by atoms with Gasteiger partial charge in [-0.25, -0.2) is 9.59 Å². The molecule has 11 nitrogen and oxygen atoms in total. The van der Waals surface area contributed by atoms with Gasteiger partial charge in [-0.05, 0) is 57.2 Å². The Bertz CT molecular complexity index is 1540. The van der Waals surface area contributed by atoms with Crippen LogP contribution in [0.3, 0.4) is 0 Å². The zero-order chi connectivity index (χ0) is 34.6. The Hall–Kier alpha value is -4.67. The number of aromatic nitrogens is 3. The van der Waals surface area contributed by atoms with E-state index in [1.165, 1.54) is 11.3 Å². The van der Waals surface area contributed by atoms with Gasteiger partial charge in [-0.2, -0.15) is 31.4 Å². The number of fused-ring (bicyclic) bond motifs is 4. The number of aliphatic carboxylic acids is 2. The number of para-hydroxylation sites is 1. The first-order valence-corrected chi connectivity index (χ1v) is 14.4. The van der Waals surface area contributed by atoms with Gasteiger partial charge < -0.3 is 24.7 Å². The number of nitrogens with zero attached hydrogens (tertiary/aromatic N) is 5. The van der Waals surface area contributed by atoms with Crippen LogP contribution in [0.5, 0.6) is 5.75 Å². The molecule has 0 radical (unpaired) electrons. The predicted molar refractivity (Wildman–Crippen MR) is 152 cm³/mol. The monoisotopic (exact) mass is 671 g/mol. The minimum Gasteiger partial charge on any atom is -0.482 e. The number of hydrogen-bond acceptors (Lipinski definition) is 7. The Morgan fingerprint density at radius 1 is 0.872 bits per heavy atom. The highest BCUT2D eigenvalue weighted by molar-refractivity contribution is 5.94. The first-order valence-electron chi connectivity index (χ1n) is 14.4. The van der Waals surface area contributed by atoms with Crippen LogP contribution in [-0.2, 0) is 15.2 Å². The molecule has 0 bridgehead atoms. The fourth-order valence-corrected chi connectivity index (χ4v) is 5.62. The van der Waals surface area contributed by atoms with E-state index in [9.17, 15) is 31.1 Å². The molecule has 0 aliphatic carbocycles. The Labute approximate surface area is 264 Å². The summed E-state index contributed by atoms with van der Waals surface area (Å²) in [4.78, 5) is 39.1. The topological polar surface area (TPSA) is 138 Å². The maximum Gasteiger partial charge on any atom is 0.490 e. The molecule has 0 atom stereocenters. The van der Waals surface area contributed by atoms with Gasteiger partial charge >= 0.3 is 24.3 Å². The van der Waals surface area contributed by atoms with E-state index < -0.39 is 29.9 Å². The van der Waals surface area contributed by atoms with E-state index in [0.29, 0.717) is 24.7 Å². The van der Waals surface area contributed by atoms with Crippen molar-refractivity contribution in [1.29, 1.82) is 0 Å². The minimum absolute atomic E-state index is 0.0608. The van der Waals surface area contributed by atoms with Crippen molar-refractivity contribution in [3.8, 4) is 17.0 Å². The minimum atomic E-state index is -5.08. The molecule has 3 aromatic rings. The number of rotatable bonds is 2. The molecule has 1 aromatic carbocycles. The van der Waals surface area contributed by atoms with Crippen molar-refractivity contribution in [2.75, 3.05) is 33.2 Å². The Balaban J connectivity index is 0.000000301. The molecule has 2 aromatic heterocycles. The third kappa shape index (κ3) is 8.19. The Morgan fingerprint density at radius 2 is 1.40 bits per heavy atom. The molecular weight excluding hydrogens is 640 g/mol. The molecule has 3 aliphatic heterocycles. The van der Waals surface area contributed by atoms with Gasteiger partial charge in [0, 0.05) is 55.0 Å². The molecule has 3 aliphatic rings. The number of halogens is 6. The first kappa shape index (κ1) is 35.2. The average Bonchev–Trinajstić information content (AvgIpc) is 3.48. The molecule has 1 spiro atoms. The lowest BCUT2D eigenvalue weighted by Crippen LogP contribution is -2.49. The van der Waals surface area contributed by atoms with Gasteiger partial charge in [-0.1, -0.05) is 12.1 Å². The number of alkyl halides is 6. The zero-order valence-corrected chi connectivity index (χ0v) is 25.0. The number of hydrogen-bond donors (Lipinski definition) is 2. The Morgan fingerprint density at radius 3 is 1.94 bits per heavy atom. The summed E-state index contributed by atoms with van der Waals surface area (Å²) in [5.74, 6) is -4.53. The highest BCUT2D eigenvalue weighted by Crippen LogP contribution is 2.50. The van der Waals surface area contributed by atoms with Gasteiger partial charge in [-0.15, -0.1) is 0 Å². The van der Waals surface area contributed by atoms with E-state index in [1.807, 2.05) is 17.2 Å². The molecule has 0 unspecified atom stereocenters. The van der Waals surface area contributed by atoms with Crippen molar-refractivity contribution in [3.05, 3.63) is 66.1 Å². The molecule has 5 heterocycles. The maximum atomic E-state index is 13.0. The summed E-state index contributed by atoms with van der Waals surface area (Å²) in [6.45, 7) is 3.49. The number of carbonyl (C=O) groups excluding carboxylic acids is 1. The van der Waals surface area contributed by atoms with Gasteiger partial charge in [-0.3, -0.25) is 14.5 Å². The van der Waals surface area contributed by atoms with Crippen LogP contribution >= 0.6 is 0 Å². The molecule has 254 valence electrons. The molecule has 2 fully saturated rings. The largest absolute Gasteiger partial charge is 0.490 e. The van der Waals surface area contributed by atoms with Crippen LogP contribution in [0.25, 0.3) is 11.3 Å². The lowest BCUT2D eigenvalue weighted by Gasteiger charge is -2.44. The SMILES string of the molecule is CN1CCC(n2ncc3c2-c2ccccc2OC32CCN(C(=O)c3ccncc3)CC2)CC1.O=C(O)C(F)(F)F.O=C(O)C(F)(F)F. The summed E-state index contributed by atoms with van der Waals surface area (Å²) < 4.78 is 72.5. The number of pyridine rings is 1. The van der Waals surface area contributed by atoms with Gasteiger partial charge in [0.1, 0.15) is 11.4 Å². The summed E-state index contributed by atoms with van der Waals surface area (Å²) in [5.41, 5.74) is 3.76. The van der Waals surface area contributed by atoms with Gasteiger partial charge in [0.15, 0.2) is 0 Å². The average molecular weight is 672 g/mol. The zero-order valence-electron chi connectivity index (χ0n) is 25.0. The van der Waals surface area contributed by atoms with E-state index in [-0.39, 0.29) is 5.91 Å². The van der Waals surface area contributed by atoms with Crippen LogP contribution in [0.2, 0.25) is 0 Å². The molecule has 2 N–H and O–H groups in total. The normalized spacial score (nSPS) is 17.6. The van der Waals surface area contributed by atoms with Crippen molar-refractivity contribution in [2.45, 2.75) is 49.7 Å².